The van der Waals surface area contributed by atoms with Crippen LogP contribution in [0.2, 0.25) is 0 Å². The quantitative estimate of drug-likeness (QED) is 0.765. The SMILES string of the molecule is CNC(=O)CCN(CCCN)c1cccc(C)c1. The Hall–Kier alpha value is -1.55. The number of nitrogens with two attached hydrogens (primary N) is 1. The van der Waals surface area contributed by atoms with Gasteiger partial charge in [0.1, 0.15) is 0 Å². The maximum Gasteiger partial charge on any atom is 0.221 e. The van der Waals surface area contributed by atoms with E-state index < -0.39 is 0 Å². The molecule has 0 saturated carbocycles. The van der Waals surface area contributed by atoms with Crippen molar-refractivity contribution in [2.24, 2.45) is 5.73 Å². The topological polar surface area (TPSA) is 58.4 Å². The van der Waals surface area contributed by atoms with Gasteiger partial charge in [0.2, 0.25) is 5.91 Å². The third kappa shape index (κ3) is 4.75. The molecule has 0 unspecified atom stereocenters. The molecule has 0 spiro atoms. The Morgan fingerprint density at radius 3 is 2.78 bits per heavy atom. The monoisotopic (exact) mass is 249 g/mol. The van der Waals surface area contributed by atoms with E-state index in [0.717, 1.165) is 25.2 Å². The number of nitrogens with one attached hydrogen (secondary N) is 1. The summed E-state index contributed by atoms with van der Waals surface area (Å²) >= 11 is 0. The highest BCUT2D eigenvalue weighted by molar-refractivity contribution is 5.76. The lowest BCUT2D eigenvalue weighted by Gasteiger charge is -2.24. The standard InChI is InChI=1S/C14H23N3O/c1-12-5-3-6-13(11-12)17(9-4-8-15)10-7-14(18)16-2/h3,5-6,11H,4,7-10,15H2,1-2H3,(H,16,18). The smallest absolute Gasteiger partial charge is 0.221 e. The Morgan fingerprint density at radius 2 is 2.17 bits per heavy atom. The normalized spacial score (nSPS) is 10.2. The number of carbonyl (C=O) groups excluding carboxylic acids is 1. The first-order valence-corrected chi connectivity index (χ1v) is 6.39. The van der Waals surface area contributed by atoms with Crippen LogP contribution in [0.4, 0.5) is 5.69 Å². The van der Waals surface area contributed by atoms with Crippen LogP contribution in [0.3, 0.4) is 0 Å². The van der Waals surface area contributed by atoms with Gasteiger partial charge in [-0.15, -0.1) is 0 Å². The molecule has 4 heteroatoms. The van der Waals surface area contributed by atoms with Gasteiger partial charge in [-0.25, -0.2) is 0 Å². The van der Waals surface area contributed by atoms with Gasteiger partial charge in [0.25, 0.3) is 0 Å². The van der Waals surface area contributed by atoms with Crippen LogP contribution in [0.5, 0.6) is 0 Å². The number of hydrogen-bond donors (Lipinski definition) is 2. The molecule has 0 fully saturated rings. The molecule has 1 rings (SSSR count). The van der Waals surface area contributed by atoms with Gasteiger partial charge in [0, 0.05) is 32.2 Å². The number of aryl methyl sites for hydroxylation is 1. The van der Waals surface area contributed by atoms with Crippen molar-refractivity contribution in [3.63, 3.8) is 0 Å². The number of anilines is 1. The van der Waals surface area contributed by atoms with Crippen molar-refractivity contribution in [1.82, 2.24) is 5.32 Å². The zero-order valence-corrected chi connectivity index (χ0v) is 11.3. The summed E-state index contributed by atoms with van der Waals surface area (Å²) in [5, 5.41) is 2.65. The summed E-state index contributed by atoms with van der Waals surface area (Å²) in [6.45, 7) is 4.35. The molecule has 0 aliphatic heterocycles. The average Bonchev–Trinajstić information content (AvgIpc) is 2.38. The van der Waals surface area contributed by atoms with Gasteiger partial charge < -0.3 is 16.0 Å². The van der Waals surface area contributed by atoms with E-state index in [2.05, 4.69) is 35.3 Å². The van der Waals surface area contributed by atoms with Gasteiger partial charge in [0.15, 0.2) is 0 Å². The highest BCUT2D eigenvalue weighted by Crippen LogP contribution is 2.16. The molecule has 0 aliphatic carbocycles. The summed E-state index contributed by atoms with van der Waals surface area (Å²) < 4.78 is 0. The van der Waals surface area contributed by atoms with Gasteiger partial charge in [-0.3, -0.25) is 4.79 Å². The molecule has 0 aliphatic rings. The van der Waals surface area contributed by atoms with E-state index in [1.165, 1.54) is 5.56 Å². The van der Waals surface area contributed by atoms with Crippen LogP contribution in [0.15, 0.2) is 24.3 Å². The lowest BCUT2D eigenvalue weighted by atomic mass is 10.2. The van der Waals surface area contributed by atoms with Crippen molar-refractivity contribution in [1.29, 1.82) is 0 Å². The summed E-state index contributed by atoms with van der Waals surface area (Å²) in [6, 6.07) is 8.33. The van der Waals surface area contributed by atoms with Gasteiger partial charge in [-0.2, -0.15) is 0 Å². The third-order valence-corrected chi connectivity index (χ3v) is 2.89. The summed E-state index contributed by atoms with van der Waals surface area (Å²) in [7, 11) is 1.67. The van der Waals surface area contributed by atoms with Crippen molar-refractivity contribution in [3.05, 3.63) is 29.8 Å². The highest BCUT2D eigenvalue weighted by atomic mass is 16.1. The van der Waals surface area contributed by atoms with Crippen LogP contribution in [-0.4, -0.2) is 32.6 Å². The minimum Gasteiger partial charge on any atom is -0.371 e. The van der Waals surface area contributed by atoms with E-state index in [1.54, 1.807) is 7.05 Å². The van der Waals surface area contributed by atoms with E-state index in [-0.39, 0.29) is 5.91 Å². The number of hydrogen-bond acceptors (Lipinski definition) is 3. The van der Waals surface area contributed by atoms with Gasteiger partial charge in [-0.1, -0.05) is 12.1 Å². The number of carbonyl (C=O) groups is 1. The molecule has 100 valence electrons. The van der Waals surface area contributed by atoms with Crippen LogP contribution in [0.25, 0.3) is 0 Å². The molecular formula is C14H23N3O. The molecule has 0 atom stereocenters. The maximum absolute atomic E-state index is 11.3. The molecule has 0 radical (unpaired) electrons. The molecular weight excluding hydrogens is 226 g/mol. The molecule has 1 aromatic carbocycles. The summed E-state index contributed by atoms with van der Waals surface area (Å²) in [6.07, 6.45) is 1.44. The fraction of sp³-hybridized carbons (Fsp3) is 0.500. The largest absolute Gasteiger partial charge is 0.371 e. The van der Waals surface area contributed by atoms with Crippen LogP contribution < -0.4 is 16.0 Å². The minimum atomic E-state index is 0.0698. The second-order valence-electron chi connectivity index (χ2n) is 4.39. The number of benzene rings is 1. The summed E-state index contributed by atoms with van der Waals surface area (Å²) in [5.41, 5.74) is 7.95. The molecule has 0 saturated heterocycles. The first-order chi connectivity index (χ1) is 8.67. The molecule has 0 heterocycles. The molecule has 1 aromatic rings. The molecule has 3 N–H and O–H groups in total. The molecule has 4 nitrogen and oxygen atoms in total. The molecule has 18 heavy (non-hydrogen) atoms. The van der Waals surface area contributed by atoms with E-state index in [9.17, 15) is 4.79 Å². The van der Waals surface area contributed by atoms with Crippen LogP contribution in [0.1, 0.15) is 18.4 Å². The van der Waals surface area contributed by atoms with Crippen molar-refractivity contribution < 1.29 is 4.79 Å². The van der Waals surface area contributed by atoms with Gasteiger partial charge in [0.05, 0.1) is 0 Å². The first-order valence-electron chi connectivity index (χ1n) is 6.39. The van der Waals surface area contributed by atoms with Crippen LogP contribution >= 0.6 is 0 Å². The lowest BCUT2D eigenvalue weighted by molar-refractivity contribution is -0.120. The maximum atomic E-state index is 11.3. The van der Waals surface area contributed by atoms with E-state index in [0.29, 0.717) is 13.0 Å². The van der Waals surface area contributed by atoms with Crippen LogP contribution in [0, 0.1) is 6.92 Å². The predicted octanol–water partition coefficient (Wildman–Crippen LogP) is 1.29. The Balaban J connectivity index is 2.68. The third-order valence-electron chi connectivity index (χ3n) is 2.89. The van der Waals surface area contributed by atoms with Gasteiger partial charge in [-0.05, 0) is 37.6 Å². The van der Waals surface area contributed by atoms with E-state index >= 15 is 0 Å². The van der Waals surface area contributed by atoms with Crippen molar-refractivity contribution in [3.8, 4) is 0 Å². The fourth-order valence-corrected chi connectivity index (χ4v) is 1.84. The zero-order valence-electron chi connectivity index (χ0n) is 11.3. The summed E-state index contributed by atoms with van der Waals surface area (Å²) in [4.78, 5) is 13.5. The second-order valence-corrected chi connectivity index (χ2v) is 4.39. The predicted molar refractivity (Wildman–Crippen MR) is 75.7 cm³/mol. The van der Waals surface area contributed by atoms with Crippen molar-refractivity contribution >= 4 is 11.6 Å². The Kier molecular flexibility index (Phi) is 6.22. The minimum absolute atomic E-state index is 0.0698. The van der Waals surface area contributed by atoms with Crippen molar-refractivity contribution in [2.75, 3.05) is 31.6 Å². The van der Waals surface area contributed by atoms with Crippen molar-refractivity contribution in [2.45, 2.75) is 19.8 Å². The molecule has 0 aromatic heterocycles. The number of nitrogens with zero attached hydrogens (tertiary/aromatic N) is 1. The molecule has 1 amide bonds. The Bertz CT molecular complexity index is 379. The van der Waals surface area contributed by atoms with Crippen LogP contribution in [-0.2, 0) is 4.79 Å². The average molecular weight is 249 g/mol. The fourth-order valence-electron chi connectivity index (χ4n) is 1.84. The highest BCUT2D eigenvalue weighted by Gasteiger charge is 2.08. The van der Waals surface area contributed by atoms with E-state index in [4.69, 9.17) is 5.73 Å². The van der Waals surface area contributed by atoms with E-state index in [1.807, 2.05) is 6.07 Å². The zero-order chi connectivity index (χ0) is 13.4. The lowest BCUT2D eigenvalue weighted by Crippen LogP contribution is -2.31. The second kappa shape index (κ2) is 7.71. The summed E-state index contributed by atoms with van der Waals surface area (Å²) in [5.74, 6) is 0.0698. The van der Waals surface area contributed by atoms with Gasteiger partial charge >= 0.3 is 0 Å². The molecule has 0 bridgehead atoms. The number of rotatable bonds is 7. The Labute approximate surface area is 109 Å². The number of amides is 1. The first kappa shape index (κ1) is 14.5. The Morgan fingerprint density at radius 1 is 1.39 bits per heavy atom.